The molecule has 2 rings (SSSR count). The summed E-state index contributed by atoms with van der Waals surface area (Å²) in [5.74, 6) is 0. The molecule has 214 valence electrons. The van der Waals surface area contributed by atoms with Gasteiger partial charge in [0.25, 0.3) is 5.56 Å². The second-order valence-electron chi connectivity index (χ2n) is 10.4. The number of nitrogens with one attached hydrogen (secondary N) is 1. The van der Waals surface area contributed by atoms with Crippen molar-refractivity contribution in [3.05, 3.63) is 33.1 Å². The van der Waals surface area contributed by atoms with Gasteiger partial charge >= 0.3 is 5.69 Å². The monoisotopic (exact) mass is 528 g/mol. The second kappa shape index (κ2) is 17.9. The zero-order valence-corrected chi connectivity index (χ0v) is 22.7. The Morgan fingerprint density at radius 3 is 2.00 bits per heavy atom. The molecule has 3 N–H and O–H groups in total. The lowest BCUT2D eigenvalue weighted by Crippen LogP contribution is -2.50. The van der Waals surface area contributed by atoms with Crippen LogP contribution in [0.1, 0.15) is 110 Å². The number of nitrogens with zero attached hydrogens (tertiary/aromatic N) is 1. The van der Waals surface area contributed by atoms with Crippen LogP contribution in [0.25, 0.3) is 0 Å². The summed E-state index contributed by atoms with van der Waals surface area (Å²) in [5, 5.41) is 19.6. The van der Waals surface area contributed by atoms with Crippen molar-refractivity contribution in [1.82, 2.24) is 9.55 Å². The van der Waals surface area contributed by atoms with E-state index in [1.165, 1.54) is 77.0 Å². The molecule has 1 aliphatic rings. The molecule has 1 saturated heterocycles. The molecule has 0 unspecified atom stereocenters. The molecule has 0 spiro atoms. The molecule has 0 saturated carbocycles. The Morgan fingerprint density at radius 1 is 0.946 bits per heavy atom. The van der Waals surface area contributed by atoms with Crippen LogP contribution in [0.3, 0.4) is 0 Å². The summed E-state index contributed by atoms with van der Waals surface area (Å²) in [6, 6.07) is 1.10. The van der Waals surface area contributed by atoms with Gasteiger partial charge in [-0.2, -0.15) is 0 Å². The Kier molecular flexibility index (Phi) is 15.3. The van der Waals surface area contributed by atoms with Gasteiger partial charge in [-0.15, -0.1) is 0 Å². The molecule has 37 heavy (non-hydrogen) atoms. The number of aromatic amines is 1. The molecule has 0 amide bonds. The quantitative estimate of drug-likeness (QED) is 0.202. The van der Waals surface area contributed by atoms with Crippen molar-refractivity contribution in [3.8, 4) is 0 Å². The normalized spacial score (nSPS) is 23.6. The maximum atomic E-state index is 15.2. The Balaban J connectivity index is 1.58. The van der Waals surface area contributed by atoms with E-state index in [9.17, 15) is 19.8 Å². The third-order valence-corrected chi connectivity index (χ3v) is 7.34. The molecule has 1 aliphatic heterocycles. The van der Waals surface area contributed by atoms with Gasteiger partial charge in [0.1, 0.15) is 12.2 Å². The fourth-order valence-electron chi connectivity index (χ4n) is 5.15. The van der Waals surface area contributed by atoms with Crippen LogP contribution < -0.4 is 11.2 Å². The van der Waals surface area contributed by atoms with Gasteiger partial charge in [0.2, 0.25) is 0 Å². The number of aliphatic hydroxyl groups is 2. The number of aliphatic hydroxyl groups excluding tert-OH is 2. The van der Waals surface area contributed by atoms with Gasteiger partial charge in [-0.1, -0.05) is 90.4 Å². The number of aromatic nitrogens is 2. The Hall–Kier alpha value is -1.55. The van der Waals surface area contributed by atoms with E-state index in [4.69, 9.17) is 9.47 Å². The summed E-state index contributed by atoms with van der Waals surface area (Å²) < 4.78 is 27.5. The van der Waals surface area contributed by atoms with Crippen LogP contribution in [0.4, 0.5) is 4.39 Å². The van der Waals surface area contributed by atoms with Gasteiger partial charge in [-0.05, 0) is 12.8 Å². The first-order chi connectivity index (χ1) is 18.0. The van der Waals surface area contributed by atoms with Crippen molar-refractivity contribution in [2.75, 3.05) is 19.8 Å². The third-order valence-electron chi connectivity index (χ3n) is 7.34. The van der Waals surface area contributed by atoms with Crippen LogP contribution >= 0.6 is 0 Å². The maximum absolute atomic E-state index is 15.2. The Bertz CT molecular complexity index is 846. The van der Waals surface area contributed by atoms with Crippen molar-refractivity contribution in [2.24, 2.45) is 0 Å². The van der Waals surface area contributed by atoms with E-state index in [2.05, 4.69) is 11.9 Å². The summed E-state index contributed by atoms with van der Waals surface area (Å²) in [5.41, 5.74) is -3.25. The molecule has 4 atom stereocenters. The molecular weight excluding hydrogens is 479 g/mol. The molecule has 1 fully saturated rings. The predicted octanol–water partition coefficient (Wildman–Crippen LogP) is 4.56. The van der Waals surface area contributed by atoms with E-state index in [-0.39, 0.29) is 6.42 Å². The SMILES string of the molecule is CCCCCCCCCCCCCCCCOCCC[C@@]1(n2ccc(=O)[nH]c2=O)O[C@H](CO)[C@@H](O)[C@H]1F. The smallest absolute Gasteiger partial charge is 0.330 e. The van der Waals surface area contributed by atoms with Gasteiger partial charge < -0.3 is 19.7 Å². The topological polar surface area (TPSA) is 114 Å². The summed E-state index contributed by atoms with van der Waals surface area (Å²) >= 11 is 0. The predicted molar refractivity (Wildman–Crippen MR) is 143 cm³/mol. The van der Waals surface area contributed by atoms with Gasteiger partial charge in [0.15, 0.2) is 11.9 Å². The highest BCUT2D eigenvalue weighted by Gasteiger charge is 2.56. The highest BCUT2D eigenvalue weighted by atomic mass is 19.1. The molecule has 1 aromatic rings. The molecule has 0 bridgehead atoms. The lowest BCUT2D eigenvalue weighted by Gasteiger charge is -2.32. The number of H-pyrrole nitrogens is 1. The van der Waals surface area contributed by atoms with E-state index in [0.29, 0.717) is 19.6 Å². The van der Waals surface area contributed by atoms with Crippen LogP contribution in [-0.2, 0) is 15.2 Å². The molecule has 2 heterocycles. The lowest BCUT2D eigenvalue weighted by atomic mass is 9.98. The summed E-state index contributed by atoms with van der Waals surface area (Å²) in [4.78, 5) is 25.9. The van der Waals surface area contributed by atoms with E-state index in [1.807, 2.05) is 0 Å². The first kappa shape index (κ1) is 31.7. The minimum absolute atomic E-state index is 0.0480. The van der Waals surface area contributed by atoms with Crippen molar-refractivity contribution < 1.29 is 24.1 Å². The molecule has 9 heteroatoms. The summed E-state index contributed by atoms with van der Waals surface area (Å²) in [6.45, 7) is 2.64. The first-order valence-corrected chi connectivity index (χ1v) is 14.5. The van der Waals surface area contributed by atoms with Crippen molar-refractivity contribution in [3.63, 3.8) is 0 Å². The molecule has 1 aromatic heterocycles. The highest BCUT2D eigenvalue weighted by Crippen LogP contribution is 2.40. The van der Waals surface area contributed by atoms with E-state index < -0.39 is 42.0 Å². The van der Waals surface area contributed by atoms with Crippen molar-refractivity contribution >= 4 is 0 Å². The number of alkyl halides is 1. The first-order valence-electron chi connectivity index (χ1n) is 14.5. The van der Waals surface area contributed by atoms with Gasteiger partial charge in [-0.3, -0.25) is 14.3 Å². The van der Waals surface area contributed by atoms with Crippen LogP contribution in [-0.4, -0.2) is 58.0 Å². The van der Waals surface area contributed by atoms with Gasteiger partial charge in [-0.25, -0.2) is 9.18 Å². The number of hydrogen-bond donors (Lipinski definition) is 3. The average molecular weight is 529 g/mol. The molecule has 8 nitrogen and oxygen atoms in total. The van der Waals surface area contributed by atoms with E-state index in [0.717, 1.165) is 29.7 Å². The van der Waals surface area contributed by atoms with E-state index in [1.54, 1.807) is 0 Å². The number of ether oxygens (including phenoxy) is 2. The fourth-order valence-corrected chi connectivity index (χ4v) is 5.15. The van der Waals surface area contributed by atoms with Crippen molar-refractivity contribution in [1.29, 1.82) is 0 Å². The number of rotatable bonds is 21. The number of hydrogen-bond acceptors (Lipinski definition) is 6. The zero-order chi connectivity index (χ0) is 26.9. The zero-order valence-electron chi connectivity index (χ0n) is 22.7. The van der Waals surface area contributed by atoms with E-state index >= 15 is 4.39 Å². The third kappa shape index (κ3) is 10.3. The van der Waals surface area contributed by atoms with Gasteiger partial charge in [0, 0.05) is 31.9 Å². The Morgan fingerprint density at radius 2 is 1.49 bits per heavy atom. The maximum Gasteiger partial charge on any atom is 0.330 e. The van der Waals surface area contributed by atoms with Crippen molar-refractivity contribution in [2.45, 2.75) is 134 Å². The molecule has 0 aliphatic carbocycles. The minimum atomic E-state index is -1.95. The van der Waals surface area contributed by atoms with Crippen LogP contribution in [0, 0.1) is 0 Å². The van der Waals surface area contributed by atoms with Crippen LogP contribution in [0.5, 0.6) is 0 Å². The Labute approximate surface area is 220 Å². The molecular formula is C28H49FN2O6. The fraction of sp³-hybridized carbons (Fsp3) is 0.857. The number of halogens is 1. The summed E-state index contributed by atoms with van der Waals surface area (Å²) in [6.07, 6.45) is 15.0. The van der Waals surface area contributed by atoms with Gasteiger partial charge in [0.05, 0.1) is 6.61 Å². The van der Waals surface area contributed by atoms with Crippen LogP contribution in [0.15, 0.2) is 21.9 Å². The molecule has 0 radical (unpaired) electrons. The minimum Gasteiger partial charge on any atom is -0.394 e. The highest BCUT2D eigenvalue weighted by molar-refractivity contribution is 5.02. The standard InChI is InChI=1S/C28H49FN2O6/c1-2-3-4-5-6-7-8-9-10-11-12-13-14-15-20-36-21-16-18-28(26(29)25(34)23(22-32)37-28)31-19-17-24(33)30-27(31)35/h17,19,23,25-26,32,34H,2-16,18,20-22H2,1H3,(H,30,33,35)/t23-,25-,26-,28-/m1/s1. The number of unbranched alkanes of at least 4 members (excludes halogenated alkanes) is 13. The summed E-state index contributed by atoms with van der Waals surface area (Å²) in [7, 11) is 0. The average Bonchev–Trinajstić information content (AvgIpc) is 3.13. The second-order valence-corrected chi connectivity index (χ2v) is 10.4. The lowest BCUT2D eigenvalue weighted by molar-refractivity contribution is -0.143. The largest absolute Gasteiger partial charge is 0.394 e. The molecule has 0 aromatic carbocycles. The van der Waals surface area contributed by atoms with Crippen LogP contribution in [0.2, 0.25) is 0 Å².